The van der Waals surface area contributed by atoms with Crippen LogP contribution in [0.5, 0.6) is 0 Å². The Morgan fingerprint density at radius 1 is 1.40 bits per heavy atom. The zero-order valence-electron chi connectivity index (χ0n) is 9.33. The van der Waals surface area contributed by atoms with E-state index >= 15 is 0 Å². The van der Waals surface area contributed by atoms with Crippen LogP contribution in [0.4, 0.5) is 0 Å². The average molecular weight is 205 g/mol. The molecule has 0 radical (unpaired) electrons. The minimum atomic E-state index is 0.319. The molecule has 2 rings (SSSR count). The Kier molecular flexibility index (Phi) is 3.08. The van der Waals surface area contributed by atoms with Gasteiger partial charge in [-0.15, -0.1) is 0 Å². The zero-order valence-corrected chi connectivity index (χ0v) is 9.33. The topological polar surface area (TPSA) is 35.2 Å². The lowest BCUT2D eigenvalue weighted by Crippen LogP contribution is -2.14. The van der Waals surface area contributed by atoms with E-state index in [9.17, 15) is 0 Å². The molecule has 0 bridgehead atoms. The van der Waals surface area contributed by atoms with Crippen molar-refractivity contribution in [2.45, 2.75) is 24.7 Å². The molecule has 2 N–H and O–H groups in total. The van der Waals surface area contributed by atoms with Crippen molar-refractivity contribution >= 4 is 0 Å². The molecule has 0 heterocycles. The van der Waals surface area contributed by atoms with Crippen molar-refractivity contribution in [3.8, 4) is 0 Å². The molecule has 1 aromatic rings. The Bertz CT molecular complexity index is 331. The van der Waals surface area contributed by atoms with Crippen molar-refractivity contribution < 1.29 is 4.74 Å². The van der Waals surface area contributed by atoms with Gasteiger partial charge in [0.25, 0.3) is 0 Å². The number of methoxy groups -OCH3 is 1. The van der Waals surface area contributed by atoms with Gasteiger partial charge in [-0.05, 0) is 36.9 Å². The van der Waals surface area contributed by atoms with Crippen molar-refractivity contribution in [3.63, 3.8) is 0 Å². The number of ether oxygens (including phenoxy) is 1. The Labute approximate surface area is 91.4 Å². The van der Waals surface area contributed by atoms with Crippen LogP contribution in [0.3, 0.4) is 0 Å². The molecule has 0 aliphatic heterocycles. The summed E-state index contributed by atoms with van der Waals surface area (Å²) in [4.78, 5) is 0. The standard InChI is InChI=1S/C13H19NO/c1-15-10-13(6-7-13)12-4-2-3-11(9-12)5-8-14/h2-4,9H,5-8,10,14H2,1H3. The van der Waals surface area contributed by atoms with E-state index < -0.39 is 0 Å². The maximum absolute atomic E-state index is 5.57. The highest BCUT2D eigenvalue weighted by Gasteiger charge is 2.44. The van der Waals surface area contributed by atoms with Gasteiger partial charge < -0.3 is 10.5 Å². The van der Waals surface area contributed by atoms with Crippen LogP contribution < -0.4 is 5.73 Å². The van der Waals surface area contributed by atoms with E-state index in [1.54, 1.807) is 7.11 Å². The summed E-state index contributed by atoms with van der Waals surface area (Å²) in [5, 5.41) is 0. The summed E-state index contributed by atoms with van der Waals surface area (Å²) in [5.74, 6) is 0. The summed E-state index contributed by atoms with van der Waals surface area (Å²) in [5.41, 5.74) is 8.66. The molecule has 1 aromatic carbocycles. The average Bonchev–Trinajstić information content (AvgIpc) is 3.01. The first-order valence-corrected chi connectivity index (χ1v) is 5.59. The van der Waals surface area contributed by atoms with Gasteiger partial charge in [0.1, 0.15) is 0 Å². The van der Waals surface area contributed by atoms with Crippen LogP contribution in [0.25, 0.3) is 0 Å². The van der Waals surface area contributed by atoms with Gasteiger partial charge in [0.15, 0.2) is 0 Å². The lowest BCUT2D eigenvalue weighted by molar-refractivity contribution is 0.171. The lowest BCUT2D eigenvalue weighted by Gasteiger charge is -2.15. The van der Waals surface area contributed by atoms with E-state index in [4.69, 9.17) is 10.5 Å². The van der Waals surface area contributed by atoms with E-state index in [1.807, 2.05) is 0 Å². The quantitative estimate of drug-likeness (QED) is 0.796. The van der Waals surface area contributed by atoms with E-state index in [2.05, 4.69) is 24.3 Å². The van der Waals surface area contributed by atoms with Gasteiger partial charge >= 0.3 is 0 Å². The number of benzene rings is 1. The predicted octanol–water partition coefficient (Wildman–Crippen LogP) is 1.87. The first-order chi connectivity index (χ1) is 7.30. The van der Waals surface area contributed by atoms with Gasteiger partial charge in [0.2, 0.25) is 0 Å². The van der Waals surface area contributed by atoms with Crippen molar-refractivity contribution in [1.29, 1.82) is 0 Å². The molecule has 0 saturated heterocycles. The molecule has 15 heavy (non-hydrogen) atoms. The largest absolute Gasteiger partial charge is 0.384 e. The van der Waals surface area contributed by atoms with Gasteiger partial charge in [-0.25, -0.2) is 0 Å². The Morgan fingerprint density at radius 3 is 2.80 bits per heavy atom. The van der Waals surface area contributed by atoms with Crippen molar-refractivity contribution in [1.82, 2.24) is 0 Å². The smallest absolute Gasteiger partial charge is 0.0559 e. The van der Waals surface area contributed by atoms with Crippen LogP contribution in [0.1, 0.15) is 24.0 Å². The molecule has 0 amide bonds. The van der Waals surface area contributed by atoms with E-state index in [0.29, 0.717) is 5.41 Å². The summed E-state index contributed by atoms with van der Waals surface area (Å²) in [6, 6.07) is 8.79. The van der Waals surface area contributed by atoms with E-state index in [0.717, 1.165) is 19.6 Å². The van der Waals surface area contributed by atoms with Gasteiger partial charge in [0.05, 0.1) is 6.61 Å². The van der Waals surface area contributed by atoms with Crippen LogP contribution in [0.2, 0.25) is 0 Å². The van der Waals surface area contributed by atoms with Gasteiger partial charge in [0, 0.05) is 12.5 Å². The lowest BCUT2D eigenvalue weighted by atomic mass is 9.94. The highest BCUT2D eigenvalue weighted by Crippen LogP contribution is 2.48. The summed E-state index contributed by atoms with van der Waals surface area (Å²) in [7, 11) is 1.78. The van der Waals surface area contributed by atoms with Gasteiger partial charge in [-0.1, -0.05) is 24.3 Å². The Hall–Kier alpha value is -0.860. The molecule has 2 heteroatoms. The second-order valence-electron chi connectivity index (χ2n) is 4.45. The highest BCUT2D eigenvalue weighted by atomic mass is 16.5. The molecule has 0 atom stereocenters. The molecule has 0 unspecified atom stereocenters. The molecule has 1 saturated carbocycles. The molecule has 0 aromatic heterocycles. The number of hydrogen-bond acceptors (Lipinski definition) is 2. The molecule has 1 aliphatic rings. The van der Waals surface area contributed by atoms with Crippen LogP contribution in [-0.2, 0) is 16.6 Å². The monoisotopic (exact) mass is 205 g/mol. The molecular weight excluding hydrogens is 186 g/mol. The third-order valence-electron chi connectivity index (χ3n) is 3.25. The normalized spacial score (nSPS) is 17.7. The fourth-order valence-corrected chi connectivity index (χ4v) is 2.17. The van der Waals surface area contributed by atoms with Crippen LogP contribution in [0, 0.1) is 0 Å². The highest BCUT2D eigenvalue weighted by molar-refractivity contribution is 5.35. The van der Waals surface area contributed by atoms with Crippen molar-refractivity contribution in [3.05, 3.63) is 35.4 Å². The predicted molar refractivity (Wildman–Crippen MR) is 62.0 cm³/mol. The SMILES string of the molecule is COCC1(c2cccc(CCN)c2)CC1. The third-order valence-corrected chi connectivity index (χ3v) is 3.25. The summed E-state index contributed by atoms with van der Waals surface area (Å²) < 4.78 is 5.30. The third kappa shape index (κ3) is 2.21. The maximum atomic E-state index is 5.57. The van der Waals surface area contributed by atoms with Gasteiger partial charge in [-0.2, -0.15) is 0 Å². The second kappa shape index (κ2) is 4.33. The molecule has 2 nitrogen and oxygen atoms in total. The second-order valence-corrected chi connectivity index (χ2v) is 4.45. The maximum Gasteiger partial charge on any atom is 0.0559 e. The first-order valence-electron chi connectivity index (χ1n) is 5.59. The minimum Gasteiger partial charge on any atom is -0.384 e. The summed E-state index contributed by atoms with van der Waals surface area (Å²) >= 11 is 0. The van der Waals surface area contributed by atoms with Crippen molar-refractivity contribution in [2.24, 2.45) is 5.73 Å². The minimum absolute atomic E-state index is 0.319. The number of nitrogens with two attached hydrogens (primary N) is 1. The van der Waals surface area contributed by atoms with E-state index in [1.165, 1.54) is 24.0 Å². The fourth-order valence-electron chi connectivity index (χ4n) is 2.17. The van der Waals surface area contributed by atoms with Crippen LogP contribution >= 0.6 is 0 Å². The number of rotatable bonds is 5. The van der Waals surface area contributed by atoms with Crippen LogP contribution in [0.15, 0.2) is 24.3 Å². The number of hydrogen-bond donors (Lipinski definition) is 1. The Balaban J connectivity index is 2.17. The molecule has 0 spiro atoms. The molecule has 1 fully saturated rings. The fraction of sp³-hybridized carbons (Fsp3) is 0.538. The molecular formula is C13H19NO. The molecule has 82 valence electrons. The van der Waals surface area contributed by atoms with Crippen LogP contribution in [-0.4, -0.2) is 20.3 Å². The van der Waals surface area contributed by atoms with Crippen molar-refractivity contribution in [2.75, 3.05) is 20.3 Å². The summed E-state index contributed by atoms with van der Waals surface area (Å²) in [6.45, 7) is 1.57. The summed E-state index contributed by atoms with van der Waals surface area (Å²) in [6.07, 6.45) is 3.48. The first kappa shape index (κ1) is 10.7. The zero-order chi connectivity index (χ0) is 10.7. The van der Waals surface area contributed by atoms with E-state index in [-0.39, 0.29) is 0 Å². The molecule has 1 aliphatic carbocycles. The van der Waals surface area contributed by atoms with Gasteiger partial charge in [-0.3, -0.25) is 0 Å². The Morgan fingerprint density at radius 2 is 2.20 bits per heavy atom.